The van der Waals surface area contributed by atoms with Crippen LogP contribution in [-0.4, -0.2) is 0 Å². The molecule has 4 rings (SSSR count). The summed E-state index contributed by atoms with van der Waals surface area (Å²) < 4.78 is 0. The van der Waals surface area contributed by atoms with Crippen molar-refractivity contribution in [2.45, 2.75) is 0 Å². The Hall–Kier alpha value is -1.13. The largest absolute Gasteiger partial charge is 1.00 e. The maximum absolute atomic E-state index is 2.22. The molecule has 0 amide bonds. The van der Waals surface area contributed by atoms with Gasteiger partial charge in [-0.3, -0.25) is 0 Å². The molecular formula is C21H15NaP2. The Labute approximate surface area is 168 Å². The summed E-state index contributed by atoms with van der Waals surface area (Å²) >= 11 is 0. The van der Waals surface area contributed by atoms with Crippen molar-refractivity contribution < 1.29 is 29.6 Å². The first-order chi connectivity index (χ1) is 11.4. The van der Waals surface area contributed by atoms with Gasteiger partial charge in [0.25, 0.3) is 0 Å². The fraction of sp³-hybridized carbons (Fsp3) is 0. The summed E-state index contributed by atoms with van der Waals surface area (Å²) in [6.07, 6.45) is 0. The second kappa shape index (κ2) is 8.30. The normalized spacial score (nSPS) is 10.8. The third kappa shape index (κ3) is 3.60. The van der Waals surface area contributed by atoms with E-state index in [9.17, 15) is 0 Å². The maximum Gasteiger partial charge on any atom is 1.00 e. The summed E-state index contributed by atoms with van der Waals surface area (Å²) in [4.78, 5) is 0. The molecule has 1 aromatic heterocycles. The van der Waals surface area contributed by atoms with Crippen LogP contribution in [0, 0.1) is 0 Å². The van der Waals surface area contributed by atoms with E-state index in [2.05, 4.69) is 91.0 Å². The summed E-state index contributed by atoms with van der Waals surface area (Å²) in [5.41, 5.74) is 5.35. The molecule has 0 unspecified atom stereocenters. The summed E-state index contributed by atoms with van der Waals surface area (Å²) in [7, 11) is 2.72. The van der Waals surface area contributed by atoms with E-state index in [0.29, 0.717) is 0 Å². The van der Waals surface area contributed by atoms with Crippen molar-refractivity contribution in [3.8, 4) is 32.8 Å². The second-order valence-electron chi connectivity index (χ2n) is 5.37. The molecule has 0 aliphatic heterocycles. The molecule has 0 saturated heterocycles. The molecule has 3 heteroatoms. The minimum Gasteiger partial charge on any atom is -0.118 e. The van der Waals surface area contributed by atoms with Gasteiger partial charge in [0.2, 0.25) is 0 Å². The zero-order chi connectivity index (χ0) is 15.5. The molecule has 0 atom stereocenters. The molecule has 0 aliphatic rings. The summed E-state index contributed by atoms with van der Waals surface area (Å²) in [5, 5.41) is 2.86. The van der Waals surface area contributed by atoms with Crippen molar-refractivity contribution >= 4 is 15.7 Å². The smallest absolute Gasteiger partial charge is 0.118 e. The molecule has 0 saturated carbocycles. The van der Waals surface area contributed by atoms with Gasteiger partial charge in [0, 0.05) is 0 Å². The van der Waals surface area contributed by atoms with Gasteiger partial charge in [-0.2, -0.15) is 0 Å². The van der Waals surface area contributed by atoms with Crippen LogP contribution in [0.2, 0.25) is 0 Å². The fourth-order valence-corrected chi connectivity index (χ4v) is 6.18. The molecule has 0 nitrogen and oxygen atoms in total. The van der Waals surface area contributed by atoms with E-state index in [1.165, 1.54) is 48.6 Å². The third-order valence-electron chi connectivity index (χ3n) is 3.88. The van der Waals surface area contributed by atoms with Crippen molar-refractivity contribution in [3.63, 3.8) is 0 Å². The molecule has 1 heterocycles. The third-order valence-corrected chi connectivity index (χ3v) is 6.84. The first-order valence-electron chi connectivity index (χ1n) is 7.63. The predicted octanol–water partition coefficient (Wildman–Crippen LogP) is 4.57. The Morgan fingerprint density at radius 1 is 0.583 bits per heavy atom. The molecule has 0 radical (unpaired) electrons. The summed E-state index contributed by atoms with van der Waals surface area (Å²) in [6.45, 7) is 0. The Morgan fingerprint density at radius 2 is 1.08 bits per heavy atom. The van der Waals surface area contributed by atoms with E-state index in [1.54, 1.807) is 0 Å². The number of hydrogen-bond donors (Lipinski definition) is 0. The van der Waals surface area contributed by atoms with Gasteiger partial charge in [-0.1, -0.05) is 111 Å². The van der Waals surface area contributed by atoms with Gasteiger partial charge < -0.3 is 0 Å². The Balaban J connectivity index is 0.00000169. The van der Waals surface area contributed by atoms with Gasteiger partial charge in [0.05, 0.1) is 0 Å². The van der Waals surface area contributed by atoms with Crippen molar-refractivity contribution in [1.29, 1.82) is 0 Å². The van der Waals surface area contributed by atoms with Crippen molar-refractivity contribution in [2.24, 2.45) is 0 Å². The zero-order valence-electron chi connectivity index (χ0n) is 13.6. The molecular weight excluding hydrogens is 337 g/mol. The SMILES string of the molecule is [Na+].c1ccc(-c2pp[c-](-c3ccccc3)c2-c2ccccc2)cc1. The van der Waals surface area contributed by atoms with Crippen LogP contribution in [-0.2, 0) is 0 Å². The Morgan fingerprint density at radius 3 is 1.67 bits per heavy atom. The van der Waals surface area contributed by atoms with Crippen LogP contribution in [0.5, 0.6) is 0 Å². The Kier molecular flexibility index (Phi) is 6.12. The molecule has 0 fully saturated rings. The topological polar surface area (TPSA) is 0 Å². The molecule has 0 spiro atoms. The minimum atomic E-state index is 0. The van der Waals surface area contributed by atoms with Gasteiger partial charge in [-0.15, -0.1) is 17.7 Å². The van der Waals surface area contributed by atoms with Crippen LogP contribution in [0.4, 0.5) is 0 Å². The zero-order valence-corrected chi connectivity index (χ0v) is 17.3. The van der Waals surface area contributed by atoms with Crippen LogP contribution in [0.3, 0.4) is 0 Å². The molecule has 24 heavy (non-hydrogen) atoms. The first-order valence-corrected chi connectivity index (χ1v) is 10.1. The molecule has 4 aromatic rings. The minimum absolute atomic E-state index is 0. The van der Waals surface area contributed by atoms with Gasteiger partial charge >= 0.3 is 29.6 Å². The summed E-state index contributed by atoms with van der Waals surface area (Å²) in [5.74, 6) is 0. The van der Waals surface area contributed by atoms with Gasteiger partial charge in [-0.25, -0.2) is 0 Å². The van der Waals surface area contributed by atoms with E-state index >= 15 is 0 Å². The predicted molar refractivity (Wildman–Crippen MR) is 103 cm³/mol. The fourth-order valence-electron chi connectivity index (χ4n) is 2.79. The van der Waals surface area contributed by atoms with E-state index in [1.807, 2.05) is 0 Å². The van der Waals surface area contributed by atoms with Crippen LogP contribution in [0.25, 0.3) is 32.8 Å². The maximum atomic E-state index is 2.22. The summed E-state index contributed by atoms with van der Waals surface area (Å²) in [6, 6.07) is 32.3. The van der Waals surface area contributed by atoms with Crippen LogP contribution in [0.15, 0.2) is 91.0 Å². The average Bonchev–Trinajstić information content (AvgIpc) is 3.09. The molecule has 0 bridgehead atoms. The number of benzene rings is 3. The number of rotatable bonds is 3. The number of hydrogen-bond acceptors (Lipinski definition) is 0. The second-order valence-corrected chi connectivity index (χ2v) is 7.86. The van der Waals surface area contributed by atoms with E-state index < -0.39 is 0 Å². The van der Waals surface area contributed by atoms with E-state index in [0.717, 1.165) is 0 Å². The van der Waals surface area contributed by atoms with Crippen LogP contribution >= 0.6 is 15.7 Å². The molecule has 3 aromatic carbocycles. The Bertz CT molecular complexity index is 844. The van der Waals surface area contributed by atoms with Crippen molar-refractivity contribution in [2.75, 3.05) is 0 Å². The van der Waals surface area contributed by atoms with E-state index in [-0.39, 0.29) is 29.6 Å². The quantitative estimate of drug-likeness (QED) is 0.374. The van der Waals surface area contributed by atoms with Gasteiger partial charge in [0.1, 0.15) is 0 Å². The van der Waals surface area contributed by atoms with Crippen molar-refractivity contribution in [1.82, 2.24) is 0 Å². The van der Waals surface area contributed by atoms with Crippen LogP contribution < -0.4 is 29.6 Å². The monoisotopic (exact) mass is 352 g/mol. The standard InChI is InChI=1S/C21H15P2.Na/c1-4-10-16(11-5-1)19-20(17-12-6-2-7-13-17)22-23-21(19)18-14-8-3-9-15-18;/h1-15H;/q-1;+1. The average molecular weight is 352 g/mol. The van der Waals surface area contributed by atoms with Gasteiger partial charge in [0.15, 0.2) is 0 Å². The molecule has 110 valence electrons. The van der Waals surface area contributed by atoms with Crippen LogP contribution in [0.1, 0.15) is 0 Å². The molecule has 0 N–H and O–H groups in total. The van der Waals surface area contributed by atoms with Gasteiger partial charge in [-0.05, 0) is 10.9 Å². The first kappa shape index (κ1) is 17.7. The van der Waals surface area contributed by atoms with E-state index in [4.69, 9.17) is 0 Å². The van der Waals surface area contributed by atoms with Crippen molar-refractivity contribution in [3.05, 3.63) is 91.0 Å². The molecule has 0 aliphatic carbocycles.